The topological polar surface area (TPSA) is 70.2 Å². The highest BCUT2D eigenvalue weighted by Gasteiger charge is 2.18. The van der Waals surface area contributed by atoms with Crippen molar-refractivity contribution in [2.75, 3.05) is 12.4 Å². The molecule has 8 heteroatoms. The molecular formula is C18H18ClN3O3S. The number of esters is 1. The number of carbonyl (C=O) groups is 1. The zero-order chi connectivity index (χ0) is 18.4. The van der Waals surface area contributed by atoms with E-state index in [4.69, 9.17) is 20.8 Å². The molecule has 0 spiro atoms. The normalized spacial score (nSPS) is 10.8. The molecule has 0 radical (unpaired) electrons. The fraction of sp³-hybridized carbons (Fsp3) is 0.278. The first-order chi connectivity index (χ1) is 12.7. The van der Waals surface area contributed by atoms with Crippen LogP contribution in [0.5, 0.6) is 0 Å². The number of hydrogen-bond donors (Lipinski definition) is 0. The van der Waals surface area contributed by atoms with E-state index >= 15 is 0 Å². The van der Waals surface area contributed by atoms with E-state index in [2.05, 4.69) is 10.2 Å². The quantitative estimate of drug-likeness (QED) is 0.317. The van der Waals surface area contributed by atoms with Gasteiger partial charge in [-0.05, 0) is 43.7 Å². The van der Waals surface area contributed by atoms with Gasteiger partial charge >= 0.3 is 5.97 Å². The molecule has 0 unspecified atom stereocenters. The molecule has 136 valence electrons. The van der Waals surface area contributed by atoms with Crippen molar-refractivity contribution in [2.24, 2.45) is 0 Å². The highest BCUT2D eigenvalue weighted by atomic mass is 35.5. The lowest BCUT2D eigenvalue weighted by molar-refractivity contribution is -0.143. The van der Waals surface area contributed by atoms with Crippen LogP contribution in [-0.2, 0) is 9.53 Å². The van der Waals surface area contributed by atoms with Gasteiger partial charge in [-0.2, -0.15) is 0 Å². The average molecular weight is 392 g/mol. The molecule has 0 atom stereocenters. The van der Waals surface area contributed by atoms with Gasteiger partial charge in [0.25, 0.3) is 0 Å². The summed E-state index contributed by atoms with van der Waals surface area (Å²) in [6.07, 6.45) is 2.68. The van der Waals surface area contributed by atoms with Gasteiger partial charge in [-0.15, -0.1) is 10.2 Å². The summed E-state index contributed by atoms with van der Waals surface area (Å²) in [5.41, 5.74) is 0.849. The number of rotatable bonds is 8. The molecule has 0 aliphatic rings. The summed E-state index contributed by atoms with van der Waals surface area (Å²) in [5, 5.41) is 9.89. The van der Waals surface area contributed by atoms with E-state index in [1.165, 1.54) is 11.8 Å². The zero-order valence-electron chi connectivity index (χ0n) is 14.2. The Morgan fingerprint density at radius 3 is 2.92 bits per heavy atom. The number of thioether (sulfide) groups is 1. The molecular weight excluding hydrogens is 374 g/mol. The first kappa shape index (κ1) is 18.5. The van der Waals surface area contributed by atoms with Gasteiger partial charge in [-0.3, -0.25) is 9.36 Å². The van der Waals surface area contributed by atoms with Gasteiger partial charge < -0.3 is 9.15 Å². The zero-order valence-corrected chi connectivity index (χ0v) is 15.8. The number of hydrogen-bond acceptors (Lipinski definition) is 6. The number of ether oxygens (including phenoxy) is 1. The van der Waals surface area contributed by atoms with Crippen LogP contribution in [0.4, 0.5) is 0 Å². The molecule has 1 aromatic carbocycles. The Morgan fingerprint density at radius 1 is 1.31 bits per heavy atom. The smallest absolute Gasteiger partial charge is 0.305 e. The van der Waals surface area contributed by atoms with E-state index in [1.54, 1.807) is 19.3 Å². The van der Waals surface area contributed by atoms with Crippen LogP contribution >= 0.6 is 23.4 Å². The van der Waals surface area contributed by atoms with Gasteiger partial charge in [0.1, 0.15) is 0 Å². The summed E-state index contributed by atoms with van der Waals surface area (Å²) >= 11 is 7.67. The maximum atomic E-state index is 11.4. The van der Waals surface area contributed by atoms with Crippen LogP contribution in [0.1, 0.15) is 19.8 Å². The summed E-state index contributed by atoms with van der Waals surface area (Å²) in [6, 6.07) is 11.1. The van der Waals surface area contributed by atoms with E-state index < -0.39 is 0 Å². The van der Waals surface area contributed by atoms with Gasteiger partial charge in [-0.1, -0.05) is 29.4 Å². The predicted octanol–water partition coefficient (Wildman–Crippen LogP) is 4.62. The van der Waals surface area contributed by atoms with Crippen molar-refractivity contribution in [3.05, 3.63) is 47.7 Å². The summed E-state index contributed by atoms with van der Waals surface area (Å²) in [4.78, 5) is 11.4. The molecule has 0 amide bonds. The number of benzene rings is 1. The van der Waals surface area contributed by atoms with E-state index in [0.29, 0.717) is 41.2 Å². The third-order valence-electron chi connectivity index (χ3n) is 3.50. The average Bonchev–Trinajstić information content (AvgIpc) is 3.28. The molecule has 0 bridgehead atoms. The van der Waals surface area contributed by atoms with Crippen molar-refractivity contribution in [3.8, 4) is 17.3 Å². The molecule has 0 aliphatic heterocycles. The first-order valence-electron chi connectivity index (χ1n) is 8.22. The number of carbonyl (C=O) groups excluding carboxylic acids is 1. The Kier molecular flexibility index (Phi) is 6.35. The third-order valence-corrected chi connectivity index (χ3v) is 4.75. The maximum absolute atomic E-state index is 11.4. The largest absolute Gasteiger partial charge is 0.466 e. The molecule has 0 fully saturated rings. The summed E-state index contributed by atoms with van der Waals surface area (Å²) in [5.74, 6) is 1.76. The van der Waals surface area contributed by atoms with Crippen molar-refractivity contribution < 1.29 is 13.9 Å². The molecule has 0 saturated heterocycles. The standard InChI is InChI=1S/C18H18ClN3O3S/c1-2-24-16(23)9-5-11-26-18-21-20-17(15-8-4-10-25-15)22(18)14-7-3-6-13(19)12-14/h3-4,6-8,10,12H,2,5,9,11H2,1H3. The fourth-order valence-corrected chi connectivity index (χ4v) is 3.47. The summed E-state index contributed by atoms with van der Waals surface area (Å²) < 4.78 is 12.3. The van der Waals surface area contributed by atoms with Crippen molar-refractivity contribution in [3.63, 3.8) is 0 Å². The van der Waals surface area contributed by atoms with Gasteiger partial charge in [0.05, 0.1) is 18.6 Å². The number of aromatic nitrogens is 3. The Hall–Kier alpha value is -2.25. The lowest BCUT2D eigenvalue weighted by Gasteiger charge is -2.09. The second kappa shape index (κ2) is 8.91. The van der Waals surface area contributed by atoms with E-state index in [0.717, 1.165) is 11.4 Å². The van der Waals surface area contributed by atoms with Gasteiger partial charge in [0, 0.05) is 17.2 Å². The van der Waals surface area contributed by atoms with Crippen molar-refractivity contribution in [1.82, 2.24) is 14.8 Å². The van der Waals surface area contributed by atoms with Gasteiger partial charge in [0.2, 0.25) is 5.82 Å². The molecule has 2 heterocycles. The molecule has 0 aliphatic carbocycles. The van der Waals surface area contributed by atoms with Crippen molar-refractivity contribution >= 4 is 29.3 Å². The minimum Gasteiger partial charge on any atom is -0.466 e. The summed E-state index contributed by atoms with van der Waals surface area (Å²) in [7, 11) is 0. The van der Waals surface area contributed by atoms with Crippen molar-refractivity contribution in [2.45, 2.75) is 24.9 Å². The Morgan fingerprint density at radius 2 is 2.19 bits per heavy atom. The van der Waals surface area contributed by atoms with Crippen LogP contribution in [-0.4, -0.2) is 33.1 Å². The Bertz CT molecular complexity index is 864. The molecule has 6 nitrogen and oxygen atoms in total. The lowest BCUT2D eigenvalue weighted by atomic mass is 10.3. The Labute approximate surface area is 160 Å². The highest BCUT2D eigenvalue weighted by Crippen LogP contribution is 2.29. The monoisotopic (exact) mass is 391 g/mol. The second-order valence-electron chi connectivity index (χ2n) is 5.36. The molecule has 3 aromatic rings. The highest BCUT2D eigenvalue weighted by molar-refractivity contribution is 7.99. The summed E-state index contributed by atoms with van der Waals surface area (Å²) in [6.45, 7) is 2.21. The van der Waals surface area contributed by atoms with Gasteiger partial charge in [-0.25, -0.2) is 0 Å². The van der Waals surface area contributed by atoms with E-state index in [-0.39, 0.29) is 5.97 Å². The minimum absolute atomic E-state index is 0.180. The molecule has 26 heavy (non-hydrogen) atoms. The molecule has 0 N–H and O–H groups in total. The SMILES string of the molecule is CCOC(=O)CCCSc1nnc(-c2ccco2)n1-c1cccc(Cl)c1. The second-order valence-corrected chi connectivity index (χ2v) is 6.85. The molecule has 3 rings (SSSR count). The molecule has 2 aromatic heterocycles. The van der Waals surface area contributed by atoms with Crippen molar-refractivity contribution in [1.29, 1.82) is 0 Å². The first-order valence-corrected chi connectivity index (χ1v) is 9.59. The minimum atomic E-state index is -0.180. The van der Waals surface area contributed by atoms with Crippen LogP contribution < -0.4 is 0 Å². The molecule has 0 saturated carbocycles. The van der Waals surface area contributed by atoms with Crippen LogP contribution in [0.15, 0.2) is 52.2 Å². The number of nitrogens with zero attached hydrogens (tertiary/aromatic N) is 3. The Balaban J connectivity index is 1.81. The number of halogens is 1. The van der Waals surface area contributed by atoms with Crippen LogP contribution in [0.2, 0.25) is 5.02 Å². The fourth-order valence-electron chi connectivity index (χ4n) is 2.39. The van der Waals surface area contributed by atoms with Crippen LogP contribution in [0, 0.1) is 0 Å². The third kappa shape index (κ3) is 4.47. The van der Waals surface area contributed by atoms with Gasteiger partial charge in [0.15, 0.2) is 10.9 Å². The lowest BCUT2D eigenvalue weighted by Crippen LogP contribution is -2.04. The van der Waals surface area contributed by atoms with Crippen LogP contribution in [0.25, 0.3) is 17.3 Å². The van der Waals surface area contributed by atoms with E-state index in [9.17, 15) is 4.79 Å². The maximum Gasteiger partial charge on any atom is 0.305 e. The van der Waals surface area contributed by atoms with Crippen LogP contribution in [0.3, 0.4) is 0 Å². The number of furan rings is 1. The van der Waals surface area contributed by atoms with E-state index in [1.807, 2.05) is 34.9 Å². The predicted molar refractivity (Wildman–Crippen MR) is 101 cm³/mol.